The summed E-state index contributed by atoms with van der Waals surface area (Å²) in [6.07, 6.45) is 0. The van der Waals surface area contributed by atoms with Crippen LogP contribution in [0.3, 0.4) is 0 Å². The van der Waals surface area contributed by atoms with Gasteiger partial charge in [0.15, 0.2) is 0 Å². The van der Waals surface area contributed by atoms with E-state index < -0.39 is 5.82 Å². The van der Waals surface area contributed by atoms with Crippen LogP contribution in [0.15, 0.2) is 48.5 Å². The first-order valence-electron chi connectivity index (χ1n) is 7.15. The molecule has 0 aliphatic carbocycles. The van der Waals surface area contributed by atoms with Gasteiger partial charge in [0.25, 0.3) is 0 Å². The molecule has 0 spiro atoms. The summed E-state index contributed by atoms with van der Waals surface area (Å²) in [5.41, 5.74) is 1.53. The Labute approximate surface area is 133 Å². The Balaban J connectivity index is 1.85. The van der Waals surface area contributed by atoms with E-state index >= 15 is 0 Å². The Kier molecular flexibility index (Phi) is 5.68. The zero-order valence-electron chi connectivity index (χ0n) is 12.6. The van der Waals surface area contributed by atoms with Crippen molar-refractivity contribution >= 4 is 23.3 Å². The molecular weight excluding hydrogens is 299 g/mol. The first kappa shape index (κ1) is 16.5. The Morgan fingerprint density at radius 3 is 2.48 bits per heavy atom. The maximum absolute atomic E-state index is 13.0. The second-order valence-electron chi connectivity index (χ2n) is 4.71. The highest BCUT2D eigenvalue weighted by Crippen LogP contribution is 2.11. The van der Waals surface area contributed by atoms with Crippen LogP contribution < -0.4 is 10.6 Å². The molecule has 0 unspecified atom stereocenters. The van der Waals surface area contributed by atoms with Gasteiger partial charge >= 0.3 is 5.97 Å². The highest BCUT2D eigenvalue weighted by Gasteiger charge is 2.06. The van der Waals surface area contributed by atoms with Gasteiger partial charge in [-0.05, 0) is 49.4 Å². The number of hydrogen-bond acceptors (Lipinski definition) is 4. The maximum Gasteiger partial charge on any atom is 0.338 e. The second kappa shape index (κ2) is 7.93. The van der Waals surface area contributed by atoms with Crippen LogP contribution in [0.5, 0.6) is 0 Å². The number of benzene rings is 2. The van der Waals surface area contributed by atoms with Gasteiger partial charge in [-0.15, -0.1) is 0 Å². The van der Waals surface area contributed by atoms with Crippen molar-refractivity contribution in [2.24, 2.45) is 0 Å². The molecule has 0 aliphatic heterocycles. The number of nitrogens with one attached hydrogen (secondary N) is 2. The minimum absolute atomic E-state index is 0.0231. The number of rotatable bonds is 6. The van der Waals surface area contributed by atoms with E-state index in [0.717, 1.165) is 0 Å². The monoisotopic (exact) mass is 316 g/mol. The number of carbonyl (C=O) groups excluding carboxylic acids is 2. The fourth-order valence-corrected chi connectivity index (χ4v) is 1.89. The lowest BCUT2D eigenvalue weighted by Gasteiger charge is -2.08. The number of ether oxygens (including phenoxy) is 1. The molecule has 0 aliphatic rings. The normalized spacial score (nSPS) is 10.0. The smallest absolute Gasteiger partial charge is 0.338 e. The lowest BCUT2D eigenvalue weighted by atomic mass is 10.2. The van der Waals surface area contributed by atoms with Gasteiger partial charge in [0, 0.05) is 11.4 Å². The zero-order chi connectivity index (χ0) is 16.7. The first-order chi connectivity index (χ1) is 11.1. The molecule has 2 rings (SSSR count). The molecule has 2 N–H and O–H groups in total. The summed E-state index contributed by atoms with van der Waals surface area (Å²) >= 11 is 0. The summed E-state index contributed by atoms with van der Waals surface area (Å²) in [4.78, 5) is 23.3. The third-order valence-corrected chi connectivity index (χ3v) is 2.96. The molecule has 2 aromatic rings. The lowest BCUT2D eigenvalue weighted by molar-refractivity contribution is -0.114. The zero-order valence-corrected chi connectivity index (χ0v) is 12.6. The molecule has 2 aromatic carbocycles. The molecule has 1 amide bonds. The minimum Gasteiger partial charge on any atom is -0.462 e. The highest BCUT2D eigenvalue weighted by atomic mass is 19.1. The Morgan fingerprint density at radius 1 is 1.09 bits per heavy atom. The molecule has 0 fully saturated rings. The first-order valence-corrected chi connectivity index (χ1v) is 7.15. The predicted octanol–water partition coefficient (Wildman–Crippen LogP) is 3.05. The van der Waals surface area contributed by atoms with Crippen LogP contribution in [0, 0.1) is 5.82 Å². The van der Waals surface area contributed by atoms with Gasteiger partial charge < -0.3 is 15.4 Å². The molecule has 23 heavy (non-hydrogen) atoms. The Bertz CT molecular complexity index is 686. The molecule has 0 saturated heterocycles. The van der Waals surface area contributed by atoms with Gasteiger partial charge in [0.05, 0.1) is 18.7 Å². The number of amides is 1. The van der Waals surface area contributed by atoms with E-state index in [2.05, 4.69) is 10.6 Å². The van der Waals surface area contributed by atoms with Crippen molar-refractivity contribution in [2.45, 2.75) is 6.92 Å². The molecule has 0 saturated carbocycles. The Morgan fingerprint density at radius 2 is 1.83 bits per heavy atom. The largest absolute Gasteiger partial charge is 0.462 e. The van der Waals surface area contributed by atoms with Crippen LogP contribution in [0.4, 0.5) is 15.8 Å². The molecule has 6 heteroatoms. The third kappa shape index (κ3) is 5.10. The topological polar surface area (TPSA) is 67.4 Å². The standard InChI is InChI=1S/C17H17FN2O3/c1-2-23-17(22)12-6-8-14(9-7-12)19-11-16(21)20-15-5-3-4-13(18)10-15/h3-10,19H,2,11H2,1H3,(H,20,21). The van der Waals surface area contributed by atoms with Crippen LogP contribution in [0.2, 0.25) is 0 Å². The summed E-state index contributed by atoms with van der Waals surface area (Å²) in [5, 5.41) is 5.50. The fourth-order valence-electron chi connectivity index (χ4n) is 1.89. The van der Waals surface area contributed by atoms with E-state index in [9.17, 15) is 14.0 Å². The lowest BCUT2D eigenvalue weighted by Crippen LogP contribution is -2.21. The second-order valence-corrected chi connectivity index (χ2v) is 4.71. The van der Waals surface area contributed by atoms with Crippen LogP contribution in [0.1, 0.15) is 17.3 Å². The molecule has 0 heterocycles. The van der Waals surface area contributed by atoms with Crippen LogP contribution in [0.25, 0.3) is 0 Å². The number of anilines is 2. The molecular formula is C17H17FN2O3. The number of esters is 1. The molecule has 5 nitrogen and oxygen atoms in total. The van der Waals surface area contributed by atoms with Crippen molar-refractivity contribution < 1.29 is 18.7 Å². The van der Waals surface area contributed by atoms with Crippen molar-refractivity contribution in [3.8, 4) is 0 Å². The average Bonchev–Trinajstić information content (AvgIpc) is 2.54. The summed E-state index contributed by atoms with van der Waals surface area (Å²) in [6, 6.07) is 12.3. The van der Waals surface area contributed by atoms with Gasteiger partial charge in [-0.1, -0.05) is 6.07 Å². The molecule has 0 atom stereocenters. The molecule has 120 valence electrons. The van der Waals surface area contributed by atoms with Crippen LogP contribution >= 0.6 is 0 Å². The summed E-state index contributed by atoms with van der Waals surface area (Å²) < 4.78 is 17.9. The van der Waals surface area contributed by atoms with Crippen LogP contribution in [-0.4, -0.2) is 25.0 Å². The Hall–Kier alpha value is -2.89. The predicted molar refractivity (Wildman–Crippen MR) is 85.9 cm³/mol. The SMILES string of the molecule is CCOC(=O)c1ccc(NCC(=O)Nc2cccc(F)c2)cc1. The van der Waals surface area contributed by atoms with Gasteiger partial charge in [-0.25, -0.2) is 9.18 Å². The highest BCUT2D eigenvalue weighted by molar-refractivity contribution is 5.94. The van der Waals surface area contributed by atoms with E-state index in [0.29, 0.717) is 23.5 Å². The van der Waals surface area contributed by atoms with Gasteiger partial charge in [0.2, 0.25) is 5.91 Å². The van der Waals surface area contributed by atoms with E-state index in [1.807, 2.05) is 0 Å². The van der Waals surface area contributed by atoms with E-state index in [-0.39, 0.29) is 18.4 Å². The average molecular weight is 316 g/mol. The number of carbonyl (C=O) groups is 2. The summed E-state index contributed by atoms with van der Waals surface area (Å²) in [6.45, 7) is 2.08. The minimum atomic E-state index is -0.412. The van der Waals surface area contributed by atoms with Crippen molar-refractivity contribution in [1.29, 1.82) is 0 Å². The van der Waals surface area contributed by atoms with Gasteiger partial charge in [-0.2, -0.15) is 0 Å². The number of hydrogen-bond donors (Lipinski definition) is 2. The third-order valence-electron chi connectivity index (χ3n) is 2.96. The van der Waals surface area contributed by atoms with Gasteiger partial charge in [0.1, 0.15) is 5.82 Å². The molecule has 0 aromatic heterocycles. The molecule has 0 bridgehead atoms. The van der Waals surface area contributed by atoms with Crippen molar-refractivity contribution in [3.05, 3.63) is 59.9 Å². The maximum atomic E-state index is 13.0. The quantitative estimate of drug-likeness (QED) is 0.804. The van der Waals surface area contributed by atoms with E-state index in [4.69, 9.17) is 4.74 Å². The fraction of sp³-hybridized carbons (Fsp3) is 0.176. The summed E-state index contributed by atoms with van der Waals surface area (Å²) in [5.74, 6) is -1.10. The molecule has 0 radical (unpaired) electrons. The van der Waals surface area contributed by atoms with E-state index in [1.165, 1.54) is 18.2 Å². The number of halogens is 1. The van der Waals surface area contributed by atoms with Crippen molar-refractivity contribution in [1.82, 2.24) is 0 Å². The van der Waals surface area contributed by atoms with Crippen LogP contribution in [-0.2, 0) is 9.53 Å². The van der Waals surface area contributed by atoms with E-state index in [1.54, 1.807) is 37.3 Å². The van der Waals surface area contributed by atoms with Crippen molar-refractivity contribution in [3.63, 3.8) is 0 Å². The van der Waals surface area contributed by atoms with Crippen molar-refractivity contribution in [2.75, 3.05) is 23.8 Å². The summed E-state index contributed by atoms with van der Waals surface area (Å²) in [7, 11) is 0. The van der Waals surface area contributed by atoms with Gasteiger partial charge in [-0.3, -0.25) is 4.79 Å².